The Bertz CT molecular complexity index is 290. The van der Waals surface area contributed by atoms with E-state index in [0.717, 1.165) is 19.3 Å². The van der Waals surface area contributed by atoms with E-state index in [0.29, 0.717) is 18.8 Å². The van der Waals surface area contributed by atoms with Gasteiger partial charge in [0.15, 0.2) is 0 Å². The first-order valence-corrected chi connectivity index (χ1v) is 5.59. The smallest absolute Gasteiger partial charge is 0.294 e. The molecule has 3 unspecified atom stereocenters. The van der Waals surface area contributed by atoms with Crippen molar-refractivity contribution in [2.24, 2.45) is 17.8 Å². The molecule has 0 spiro atoms. The maximum Gasteiger partial charge on any atom is 0.294 e. The molecular weight excluding hydrogens is 198 g/mol. The van der Waals surface area contributed by atoms with Crippen LogP contribution in [0.25, 0.3) is 0 Å². The van der Waals surface area contributed by atoms with E-state index < -0.39 is 10.7 Å². The highest BCUT2D eigenvalue weighted by Crippen LogP contribution is 2.56. The average molecular weight is 213 g/mol. The van der Waals surface area contributed by atoms with Crippen LogP contribution in [0.5, 0.6) is 0 Å². The van der Waals surface area contributed by atoms with Gasteiger partial charge in [-0.15, -0.1) is 10.1 Å². The summed E-state index contributed by atoms with van der Waals surface area (Å²) < 4.78 is 0. The second kappa shape index (κ2) is 2.84. The van der Waals surface area contributed by atoms with E-state index in [4.69, 9.17) is 4.84 Å². The lowest BCUT2D eigenvalue weighted by Gasteiger charge is -2.56. The van der Waals surface area contributed by atoms with Crippen molar-refractivity contribution in [1.29, 1.82) is 0 Å². The molecule has 4 saturated carbocycles. The van der Waals surface area contributed by atoms with Crippen LogP contribution in [0.15, 0.2) is 0 Å². The Balaban J connectivity index is 1.82. The summed E-state index contributed by atoms with van der Waals surface area (Å²) in [6.45, 7) is 0. The Morgan fingerprint density at radius 3 is 2.33 bits per heavy atom. The molecular formula is C10H15NO4. The molecule has 0 aromatic rings. The number of nitrogens with zero attached hydrogens (tertiary/aromatic N) is 1. The van der Waals surface area contributed by atoms with Gasteiger partial charge in [0.1, 0.15) is 6.10 Å². The largest absolute Gasteiger partial charge is 0.390 e. The minimum Gasteiger partial charge on any atom is -0.390 e. The van der Waals surface area contributed by atoms with Gasteiger partial charge in [-0.3, -0.25) is 0 Å². The lowest BCUT2D eigenvalue weighted by Crippen LogP contribution is -2.57. The number of hydrogen-bond donors (Lipinski definition) is 1. The molecule has 4 rings (SSSR count). The van der Waals surface area contributed by atoms with Crippen molar-refractivity contribution in [3.63, 3.8) is 0 Å². The normalized spacial score (nSPS) is 51.8. The van der Waals surface area contributed by atoms with Gasteiger partial charge in [-0.1, -0.05) is 0 Å². The van der Waals surface area contributed by atoms with Crippen molar-refractivity contribution in [3.05, 3.63) is 10.1 Å². The lowest BCUT2D eigenvalue weighted by atomic mass is 9.53. The van der Waals surface area contributed by atoms with E-state index in [1.165, 1.54) is 0 Å². The standard InChI is InChI=1S/C10H15NO4/c12-10-3-6-1-7(4-10)9(15-11(13)14)8(2-6)5-10/h6-9,12H,1-5H2/t6?,7-,8+,9?,10?. The van der Waals surface area contributed by atoms with E-state index in [1.807, 2.05) is 0 Å². The number of aliphatic hydroxyl groups is 1. The van der Waals surface area contributed by atoms with Gasteiger partial charge in [0.25, 0.3) is 5.09 Å². The highest BCUT2D eigenvalue weighted by atomic mass is 17.0. The van der Waals surface area contributed by atoms with Crippen LogP contribution in [0.1, 0.15) is 32.1 Å². The topological polar surface area (TPSA) is 72.6 Å². The van der Waals surface area contributed by atoms with Gasteiger partial charge in [-0.25, -0.2) is 0 Å². The first-order chi connectivity index (χ1) is 7.06. The third kappa shape index (κ3) is 1.40. The third-order valence-electron chi connectivity index (χ3n) is 4.36. The van der Waals surface area contributed by atoms with Crippen molar-refractivity contribution in [3.8, 4) is 0 Å². The maximum absolute atomic E-state index is 10.4. The fourth-order valence-corrected chi connectivity index (χ4v) is 4.21. The Kier molecular flexibility index (Phi) is 1.78. The first kappa shape index (κ1) is 9.39. The van der Waals surface area contributed by atoms with Crippen LogP contribution in [0.4, 0.5) is 0 Å². The molecule has 84 valence electrons. The van der Waals surface area contributed by atoms with Gasteiger partial charge in [0, 0.05) is 0 Å². The molecule has 0 aromatic carbocycles. The van der Waals surface area contributed by atoms with Crippen molar-refractivity contribution < 1.29 is 15.0 Å². The molecule has 4 aliphatic rings. The third-order valence-corrected chi connectivity index (χ3v) is 4.36. The summed E-state index contributed by atoms with van der Waals surface area (Å²) in [5.41, 5.74) is -0.535. The van der Waals surface area contributed by atoms with Gasteiger partial charge in [0.2, 0.25) is 0 Å². The van der Waals surface area contributed by atoms with Gasteiger partial charge in [0.05, 0.1) is 5.60 Å². The van der Waals surface area contributed by atoms with Crippen LogP contribution < -0.4 is 0 Å². The second-order valence-electron chi connectivity index (χ2n) is 5.49. The first-order valence-electron chi connectivity index (χ1n) is 5.59. The number of hydrogen-bond acceptors (Lipinski definition) is 4. The molecule has 4 fully saturated rings. The minimum atomic E-state index is -0.670. The fourth-order valence-electron chi connectivity index (χ4n) is 4.21. The van der Waals surface area contributed by atoms with Crippen molar-refractivity contribution in [1.82, 2.24) is 0 Å². The molecule has 0 amide bonds. The van der Waals surface area contributed by atoms with Crippen LogP contribution in [-0.2, 0) is 4.84 Å². The Morgan fingerprint density at radius 1 is 1.27 bits per heavy atom. The Labute approximate surface area is 87.5 Å². The second-order valence-corrected chi connectivity index (χ2v) is 5.49. The highest BCUT2D eigenvalue weighted by Gasteiger charge is 2.55. The van der Waals surface area contributed by atoms with Crippen LogP contribution in [0, 0.1) is 27.9 Å². The summed E-state index contributed by atoms with van der Waals surface area (Å²) in [5.74, 6) is 0.970. The molecule has 15 heavy (non-hydrogen) atoms. The molecule has 0 saturated heterocycles. The van der Waals surface area contributed by atoms with E-state index in [-0.39, 0.29) is 17.9 Å². The highest BCUT2D eigenvalue weighted by molar-refractivity contribution is 5.05. The average Bonchev–Trinajstić information content (AvgIpc) is 2.08. The predicted octanol–water partition coefficient (Wildman–Crippen LogP) is 1.13. The van der Waals surface area contributed by atoms with Crippen LogP contribution in [-0.4, -0.2) is 21.9 Å². The number of rotatable bonds is 2. The Morgan fingerprint density at radius 2 is 1.87 bits per heavy atom. The molecule has 4 bridgehead atoms. The van der Waals surface area contributed by atoms with E-state index >= 15 is 0 Å². The van der Waals surface area contributed by atoms with Crippen LogP contribution in [0.2, 0.25) is 0 Å². The van der Waals surface area contributed by atoms with Gasteiger partial charge in [-0.2, -0.15) is 0 Å². The zero-order valence-corrected chi connectivity index (χ0v) is 8.46. The summed E-state index contributed by atoms with van der Waals surface area (Å²) >= 11 is 0. The van der Waals surface area contributed by atoms with Crippen LogP contribution >= 0.6 is 0 Å². The van der Waals surface area contributed by atoms with E-state index in [2.05, 4.69) is 0 Å². The maximum atomic E-state index is 10.4. The molecule has 5 heteroatoms. The summed E-state index contributed by atoms with van der Waals surface area (Å²) in [5, 5.41) is 20.0. The molecule has 4 aliphatic carbocycles. The van der Waals surface area contributed by atoms with Crippen LogP contribution in [0.3, 0.4) is 0 Å². The predicted molar refractivity (Wildman–Crippen MR) is 50.4 cm³/mol. The summed E-state index contributed by atoms with van der Waals surface area (Å²) in [4.78, 5) is 15.2. The summed E-state index contributed by atoms with van der Waals surface area (Å²) in [7, 11) is 0. The van der Waals surface area contributed by atoms with Gasteiger partial charge >= 0.3 is 0 Å². The quantitative estimate of drug-likeness (QED) is 0.551. The molecule has 5 atom stereocenters. The van der Waals surface area contributed by atoms with Crippen molar-refractivity contribution in [2.75, 3.05) is 0 Å². The molecule has 1 N–H and O–H groups in total. The summed E-state index contributed by atoms with van der Waals surface area (Å²) in [6, 6.07) is 0. The van der Waals surface area contributed by atoms with Crippen molar-refractivity contribution >= 4 is 0 Å². The monoisotopic (exact) mass is 213 g/mol. The lowest BCUT2D eigenvalue weighted by molar-refractivity contribution is -0.774. The molecule has 0 heterocycles. The van der Waals surface area contributed by atoms with Gasteiger partial charge < -0.3 is 9.94 Å². The van der Waals surface area contributed by atoms with Crippen molar-refractivity contribution in [2.45, 2.75) is 43.8 Å². The fraction of sp³-hybridized carbons (Fsp3) is 1.00. The molecule has 0 aromatic heterocycles. The zero-order valence-electron chi connectivity index (χ0n) is 8.46. The molecule has 0 radical (unpaired) electrons. The zero-order chi connectivity index (χ0) is 10.6. The minimum absolute atomic E-state index is 0.201. The van der Waals surface area contributed by atoms with E-state index in [9.17, 15) is 15.2 Å². The SMILES string of the molecule is O=[N+]([O-])OC1[C@@H]2CC3C[C@H]1CC(O)(C3)C2. The van der Waals surface area contributed by atoms with E-state index in [1.54, 1.807) is 0 Å². The molecule has 5 nitrogen and oxygen atoms in total. The summed E-state index contributed by atoms with van der Waals surface area (Å²) in [6.07, 6.45) is 4.02. The molecule has 0 aliphatic heterocycles. The van der Waals surface area contributed by atoms with Gasteiger partial charge in [-0.05, 0) is 49.9 Å². The Hall–Kier alpha value is -0.840.